The molecule has 0 radical (unpaired) electrons. The SMILES string of the molecule is Nc1ccc2nc(-c3ccc(Cl)cc3)[nH]c2c1. The Bertz CT molecular complexity index is 671. The van der Waals surface area contributed by atoms with Crippen LogP contribution in [0.15, 0.2) is 42.5 Å². The molecule has 1 heterocycles. The number of nitrogens with one attached hydrogen (secondary N) is 1. The van der Waals surface area contributed by atoms with Crippen molar-refractivity contribution in [2.75, 3.05) is 5.73 Å². The van der Waals surface area contributed by atoms with Gasteiger partial charge in [-0.1, -0.05) is 11.6 Å². The number of imidazole rings is 1. The van der Waals surface area contributed by atoms with Gasteiger partial charge in [-0.15, -0.1) is 0 Å². The fourth-order valence-corrected chi connectivity index (χ4v) is 1.90. The molecule has 4 heteroatoms. The standard InChI is InChI=1S/C13H10ClN3/c14-9-3-1-8(2-4-9)13-16-11-6-5-10(15)7-12(11)17-13/h1-7H,15H2,(H,16,17). The van der Waals surface area contributed by atoms with E-state index >= 15 is 0 Å². The lowest BCUT2D eigenvalue weighted by molar-refractivity contribution is 1.34. The van der Waals surface area contributed by atoms with Crippen LogP contribution in [0.3, 0.4) is 0 Å². The molecule has 17 heavy (non-hydrogen) atoms. The summed E-state index contributed by atoms with van der Waals surface area (Å²) in [7, 11) is 0. The third kappa shape index (κ3) is 1.85. The van der Waals surface area contributed by atoms with Crippen molar-refractivity contribution in [3.05, 3.63) is 47.5 Å². The van der Waals surface area contributed by atoms with E-state index in [1.165, 1.54) is 0 Å². The van der Waals surface area contributed by atoms with Gasteiger partial charge in [0.05, 0.1) is 11.0 Å². The number of hydrogen-bond donors (Lipinski definition) is 2. The Balaban J connectivity index is 2.14. The second-order valence-electron chi connectivity index (χ2n) is 3.87. The highest BCUT2D eigenvalue weighted by molar-refractivity contribution is 6.30. The van der Waals surface area contributed by atoms with E-state index in [4.69, 9.17) is 17.3 Å². The van der Waals surface area contributed by atoms with E-state index < -0.39 is 0 Å². The molecule has 84 valence electrons. The Labute approximate surface area is 103 Å². The molecule has 0 amide bonds. The van der Waals surface area contributed by atoms with Gasteiger partial charge in [0.15, 0.2) is 0 Å². The van der Waals surface area contributed by atoms with Crippen LogP contribution in [0, 0.1) is 0 Å². The number of rotatable bonds is 1. The number of hydrogen-bond acceptors (Lipinski definition) is 2. The zero-order valence-electron chi connectivity index (χ0n) is 8.94. The first kappa shape index (κ1) is 10.2. The molecule has 3 rings (SSSR count). The van der Waals surface area contributed by atoms with Crippen LogP contribution in [0.1, 0.15) is 0 Å². The zero-order valence-corrected chi connectivity index (χ0v) is 9.70. The van der Waals surface area contributed by atoms with Crippen LogP contribution in [0.5, 0.6) is 0 Å². The van der Waals surface area contributed by atoms with Gasteiger partial charge >= 0.3 is 0 Å². The van der Waals surface area contributed by atoms with Crippen LogP contribution in [0.4, 0.5) is 5.69 Å². The highest BCUT2D eigenvalue weighted by Crippen LogP contribution is 2.23. The van der Waals surface area contributed by atoms with Crippen LogP contribution < -0.4 is 5.73 Å². The van der Waals surface area contributed by atoms with Crippen LogP contribution in [-0.2, 0) is 0 Å². The van der Waals surface area contributed by atoms with Gasteiger partial charge in [0.1, 0.15) is 5.82 Å². The number of aromatic nitrogens is 2. The minimum Gasteiger partial charge on any atom is -0.399 e. The summed E-state index contributed by atoms with van der Waals surface area (Å²) < 4.78 is 0. The predicted molar refractivity (Wildman–Crippen MR) is 71.0 cm³/mol. The maximum atomic E-state index is 5.85. The molecular weight excluding hydrogens is 234 g/mol. The van der Waals surface area contributed by atoms with E-state index in [0.29, 0.717) is 5.02 Å². The first-order chi connectivity index (χ1) is 8.22. The van der Waals surface area contributed by atoms with Gasteiger partial charge in [-0.3, -0.25) is 0 Å². The summed E-state index contributed by atoms with van der Waals surface area (Å²) >= 11 is 5.85. The van der Waals surface area contributed by atoms with Gasteiger partial charge < -0.3 is 10.7 Å². The lowest BCUT2D eigenvalue weighted by Gasteiger charge is -1.95. The number of H-pyrrole nitrogens is 1. The molecule has 0 aliphatic rings. The maximum absolute atomic E-state index is 5.85. The number of nitrogen functional groups attached to an aromatic ring is 1. The summed E-state index contributed by atoms with van der Waals surface area (Å²) in [6, 6.07) is 13.2. The third-order valence-corrected chi connectivity index (χ3v) is 2.88. The molecule has 3 N–H and O–H groups in total. The molecule has 0 aliphatic carbocycles. The Morgan fingerprint density at radius 1 is 1.06 bits per heavy atom. The van der Waals surface area contributed by atoms with Crippen LogP contribution >= 0.6 is 11.6 Å². The monoisotopic (exact) mass is 243 g/mol. The highest BCUT2D eigenvalue weighted by atomic mass is 35.5. The molecule has 0 atom stereocenters. The Morgan fingerprint density at radius 2 is 1.82 bits per heavy atom. The van der Waals surface area contributed by atoms with Crippen molar-refractivity contribution in [3.63, 3.8) is 0 Å². The molecule has 3 nitrogen and oxygen atoms in total. The third-order valence-electron chi connectivity index (χ3n) is 2.62. The normalized spacial score (nSPS) is 10.9. The maximum Gasteiger partial charge on any atom is 0.138 e. The van der Waals surface area contributed by atoms with Gasteiger partial charge in [-0.25, -0.2) is 4.98 Å². The summed E-state index contributed by atoms with van der Waals surface area (Å²) in [5.74, 6) is 0.822. The fraction of sp³-hybridized carbons (Fsp3) is 0. The van der Waals surface area contributed by atoms with E-state index in [1.54, 1.807) is 0 Å². The lowest BCUT2D eigenvalue weighted by Crippen LogP contribution is -1.82. The number of nitrogens with two attached hydrogens (primary N) is 1. The molecule has 0 saturated carbocycles. The van der Waals surface area contributed by atoms with E-state index in [-0.39, 0.29) is 0 Å². The average molecular weight is 244 g/mol. The second kappa shape index (κ2) is 3.79. The number of fused-ring (bicyclic) bond motifs is 1. The minimum absolute atomic E-state index is 0.717. The molecule has 0 saturated heterocycles. The average Bonchev–Trinajstić information content (AvgIpc) is 2.72. The minimum atomic E-state index is 0.717. The van der Waals surface area contributed by atoms with Crippen molar-refractivity contribution < 1.29 is 0 Å². The number of benzene rings is 2. The molecule has 0 unspecified atom stereocenters. The largest absolute Gasteiger partial charge is 0.399 e. The van der Waals surface area contributed by atoms with Crippen molar-refractivity contribution in [3.8, 4) is 11.4 Å². The van der Waals surface area contributed by atoms with Crippen LogP contribution in [0.2, 0.25) is 5.02 Å². The summed E-state index contributed by atoms with van der Waals surface area (Å²) in [6.07, 6.45) is 0. The summed E-state index contributed by atoms with van der Waals surface area (Å²) in [4.78, 5) is 7.74. The smallest absolute Gasteiger partial charge is 0.138 e. The molecule has 0 bridgehead atoms. The topological polar surface area (TPSA) is 54.7 Å². The van der Waals surface area contributed by atoms with Crippen molar-refractivity contribution in [2.24, 2.45) is 0 Å². The van der Waals surface area contributed by atoms with Gasteiger partial charge in [-0.2, -0.15) is 0 Å². The summed E-state index contributed by atoms with van der Waals surface area (Å²) in [5.41, 5.74) is 9.30. The molecule has 0 fully saturated rings. The van der Waals surface area contributed by atoms with E-state index in [0.717, 1.165) is 28.1 Å². The van der Waals surface area contributed by atoms with Gasteiger partial charge in [0.25, 0.3) is 0 Å². The quantitative estimate of drug-likeness (QED) is 0.643. The van der Waals surface area contributed by atoms with Crippen molar-refractivity contribution in [2.45, 2.75) is 0 Å². The Hall–Kier alpha value is -2.00. The molecule has 0 spiro atoms. The number of aromatic amines is 1. The van der Waals surface area contributed by atoms with E-state index in [9.17, 15) is 0 Å². The molecule has 0 aliphatic heterocycles. The van der Waals surface area contributed by atoms with E-state index in [1.807, 2.05) is 42.5 Å². The van der Waals surface area contributed by atoms with Gasteiger partial charge in [0.2, 0.25) is 0 Å². The number of halogens is 1. The number of anilines is 1. The van der Waals surface area contributed by atoms with E-state index in [2.05, 4.69) is 9.97 Å². The predicted octanol–water partition coefficient (Wildman–Crippen LogP) is 3.47. The molecule has 1 aromatic heterocycles. The lowest BCUT2D eigenvalue weighted by atomic mass is 10.2. The van der Waals surface area contributed by atoms with Crippen molar-refractivity contribution >= 4 is 28.3 Å². The van der Waals surface area contributed by atoms with Crippen LogP contribution in [0.25, 0.3) is 22.4 Å². The Kier molecular flexibility index (Phi) is 2.27. The molecular formula is C13H10ClN3. The first-order valence-electron chi connectivity index (χ1n) is 5.23. The second-order valence-corrected chi connectivity index (χ2v) is 4.31. The summed E-state index contributed by atoms with van der Waals surface area (Å²) in [6.45, 7) is 0. The molecule has 2 aromatic carbocycles. The van der Waals surface area contributed by atoms with Gasteiger partial charge in [0, 0.05) is 16.3 Å². The fourth-order valence-electron chi connectivity index (χ4n) is 1.77. The Morgan fingerprint density at radius 3 is 2.59 bits per heavy atom. The highest BCUT2D eigenvalue weighted by Gasteiger charge is 2.05. The van der Waals surface area contributed by atoms with Gasteiger partial charge in [-0.05, 0) is 42.5 Å². The first-order valence-corrected chi connectivity index (χ1v) is 5.61. The molecule has 3 aromatic rings. The zero-order chi connectivity index (χ0) is 11.8. The van der Waals surface area contributed by atoms with Crippen LogP contribution in [-0.4, -0.2) is 9.97 Å². The van der Waals surface area contributed by atoms with Crippen molar-refractivity contribution in [1.29, 1.82) is 0 Å². The summed E-state index contributed by atoms with van der Waals surface area (Å²) in [5, 5.41) is 0.717. The van der Waals surface area contributed by atoms with Crippen molar-refractivity contribution in [1.82, 2.24) is 9.97 Å². The number of nitrogens with zero attached hydrogens (tertiary/aromatic N) is 1.